The van der Waals surface area contributed by atoms with Crippen molar-refractivity contribution >= 4 is 122 Å². The summed E-state index contributed by atoms with van der Waals surface area (Å²) in [5.74, 6) is 0. The predicted octanol–water partition coefficient (Wildman–Crippen LogP) is 19.0. The van der Waals surface area contributed by atoms with Gasteiger partial charge in [0.2, 0.25) is 0 Å². The van der Waals surface area contributed by atoms with E-state index in [-0.39, 0.29) is 17.5 Å². The molecule has 370 valence electrons. The van der Waals surface area contributed by atoms with Crippen molar-refractivity contribution in [1.82, 2.24) is 0 Å². The van der Waals surface area contributed by atoms with Crippen molar-refractivity contribution in [3.63, 3.8) is 0 Å². The summed E-state index contributed by atoms with van der Waals surface area (Å²) in [6, 6.07) is 74.0. The van der Waals surface area contributed by atoms with Gasteiger partial charge in [-0.05, 0) is 121 Å². The molecule has 77 heavy (non-hydrogen) atoms. The number of anilines is 6. The normalized spacial score (nSPS) is 13.2. The molecule has 2 aliphatic heterocycles. The van der Waals surface area contributed by atoms with Gasteiger partial charge in [-0.25, -0.2) is 0 Å². The lowest BCUT2D eigenvalue weighted by Gasteiger charge is -2.41. The Morgan fingerprint density at radius 1 is 0.364 bits per heavy atom. The van der Waals surface area contributed by atoms with E-state index in [1.165, 1.54) is 42.4 Å². The quantitative estimate of drug-likeness (QED) is 0.155. The van der Waals surface area contributed by atoms with Crippen molar-refractivity contribution in [3.8, 4) is 44.5 Å². The van der Waals surface area contributed by atoms with E-state index < -0.39 is 0 Å². The maximum absolute atomic E-state index is 7.52. The van der Waals surface area contributed by atoms with Gasteiger partial charge in [0, 0.05) is 64.6 Å². The maximum Gasteiger partial charge on any atom is 0.342 e. The first-order valence-electron chi connectivity index (χ1n) is 26.7. The number of hydrogen-bond acceptors (Lipinski definition) is 6. The zero-order chi connectivity index (χ0) is 51.9. The fourth-order valence-corrected chi connectivity index (χ4v) is 14.2. The highest BCUT2D eigenvalue weighted by Gasteiger charge is 2.50. The van der Waals surface area contributed by atoms with Gasteiger partial charge in [0.05, 0.1) is 22.7 Å². The molecule has 4 nitrogen and oxygen atoms in total. The number of thiophene rings is 2. The van der Waals surface area contributed by atoms with Crippen LogP contribution in [0.1, 0.15) is 52.7 Å². The van der Waals surface area contributed by atoms with E-state index in [0.717, 1.165) is 106 Å². The van der Waals surface area contributed by atoms with Crippen LogP contribution >= 0.6 is 22.7 Å². The molecule has 2 aliphatic rings. The van der Waals surface area contributed by atoms with Gasteiger partial charge in [-0.3, -0.25) is 0 Å². The lowest BCUT2D eigenvalue weighted by Crippen LogP contribution is -2.60. The molecule has 0 aliphatic carbocycles. The fourth-order valence-electron chi connectivity index (χ4n) is 12.2. The zero-order valence-corrected chi connectivity index (χ0v) is 45.4. The van der Waals surface area contributed by atoms with Gasteiger partial charge in [-0.15, -0.1) is 22.7 Å². The van der Waals surface area contributed by atoms with Crippen molar-refractivity contribution in [3.05, 3.63) is 222 Å². The summed E-state index contributed by atoms with van der Waals surface area (Å²) >= 11 is 3.60. The van der Waals surface area contributed by atoms with E-state index in [4.69, 9.17) is 8.83 Å². The van der Waals surface area contributed by atoms with Gasteiger partial charge >= 0.3 is 6.71 Å². The molecule has 0 atom stereocenters. The summed E-state index contributed by atoms with van der Waals surface area (Å²) in [6.45, 7) is 13.4. The Morgan fingerprint density at radius 2 is 0.792 bits per heavy atom. The molecule has 0 saturated heterocycles. The van der Waals surface area contributed by atoms with E-state index in [1.807, 2.05) is 0 Å². The third-order valence-electron chi connectivity index (χ3n) is 16.1. The number of rotatable bonds is 6. The lowest BCUT2D eigenvalue weighted by molar-refractivity contribution is 0.590. The Kier molecular flexibility index (Phi) is 10.2. The average Bonchev–Trinajstić information content (AvgIpc) is 4.47. The third-order valence-corrected chi connectivity index (χ3v) is 18.1. The van der Waals surface area contributed by atoms with Crippen LogP contribution in [0, 0.1) is 0 Å². The van der Waals surface area contributed by atoms with E-state index in [2.05, 4.69) is 262 Å². The molecular formula is C70H53BN2O2S2. The first-order chi connectivity index (χ1) is 37.5. The Hall–Kier alpha value is -8.36. The number of benzene rings is 9. The van der Waals surface area contributed by atoms with Crippen LogP contribution in [0.2, 0.25) is 0 Å². The van der Waals surface area contributed by atoms with Crippen LogP contribution in [0.25, 0.3) is 86.6 Å². The molecular weight excluding hydrogens is 976 g/mol. The molecule has 9 aromatic carbocycles. The molecule has 13 aromatic rings. The number of nitrogens with zero attached hydrogens (tertiary/aromatic N) is 2. The fraction of sp³-hybridized carbons (Fsp3) is 0.114. The van der Waals surface area contributed by atoms with Crippen molar-refractivity contribution in [2.45, 2.75) is 52.4 Å². The van der Waals surface area contributed by atoms with Crippen LogP contribution in [-0.2, 0) is 10.8 Å². The minimum Gasteiger partial charge on any atom is -0.468 e. The molecule has 4 aromatic heterocycles. The average molecular weight is 1030 g/mol. The van der Waals surface area contributed by atoms with Gasteiger partial charge in [0.25, 0.3) is 0 Å². The van der Waals surface area contributed by atoms with Gasteiger partial charge < -0.3 is 18.6 Å². The minimum atomic E-state index is -0.386. The van der Waals surface area contributed by atoms with Crippen molar-refractivity contribution < 1.29 is 8.83 Å². The van der Waals surface area contributed by atoms with Gasteiger partial charge in [0.15, 0.2) is 0 Å². The summed E-state index contributed by atoms with van der Waals surface area (Å²) in [5.41, 5.74) is 22.6. The largest absolute Gasteiger partial charge is 0.468 e. The highest BCUT2D eigenvalue weighted by molar-refractivity contribution is 7.18. The van der Waals surface area contributed by atoms with Crippen molar-refractivity contribution in [2.24, 2.45) is 0 Å². The zero-order valence-electron chi connectivity index (χ0n) is 43.8. The van der Waals surface area contributed by atoms with Crippen LogP contribution in [0.5, 0.6) is 0 Å². The SMILES string of the molecule is CC(C)(C)c1ccc2oc3c(c2c1)N(c1cc(-c2csc4ccccc24)ccc1-c1ccccc1)c1cccc2c1B3c1oc3ccc(C(C)(C)C)cc3c1N2c1cc(-c2csc3ccccc23)ccc1-c1ccccc1. The highest BCUT2D eigenvalue weighted by Crippen LogP contribution is 2.53. The summed E-state index contributed by atoms with van der Waals surface area (Å²) in [5, 5.41) is 9.30. The molecule has 0 unspecified atom stereocenters. The first-order valence-corrected chi connectivity index (χ1v) is 28.4. The number of fused-ring (bicyclic) bond motifs is 10. The topological polar surface area (TPSA) is 32.8 Å². The molecule has 0 saturated carbocycles. The standard InChI is InChI=1S/C70H53BN2O2S2/c1-69(2,3)46-30-34-60-52(38-46)65-67(74-60)71-64-56(72(65)58-36-44(28-32-48(58)42-18-9-7-10-19-42)54-40-76-62-26-15-13-22-50(54)62)24-17-25-57(64)73(66-53-39-47(70(4,5)6)31-35-61(53)75-68(66)71)59-37-45(29-33-49(59)43-20-11-8-12-21-43)55-41-77-63-27-16-14-23-51(55)63/h7-41H,1-6H3. The van der Waals surface area contributed by atoms with Crippen molar-refractivity contribution in [2.75, 3.05) is 9.80 Å². The Labute approximate surface area is 457 Å². The first kappa shape index (κ1) is 46.0. The van der Waals surface area contributed by atoms with Gasteiger partial charge in [-0.2, -0.15) is 0 Å². The minimum absolute atomic E-state index is 0.111. The Morgan fingerprint density at radius 3 is 1.23 bits per heavy atom. The van der Waals surface area contributed by atoms with Crippen LogP contribution in [0.4, 0.5) is 34.1 Å². The van der Waals surface area contributed by atoms with E-state index in [9.17, 15) is 0 Å². The molecule has 0 radical (unpaired) electrons. The molecule has 0 fully saturated rings. The third kappa shape index (κ3) is 7.17. The Balaban J connectivity index is 1.08. The second-order valence-corrected chi connectivity index (χ2v) is 24.7. The smallest absolute Gasteiger partial charge is 0.342 e. The van der Waals surface area contributed by atoms with Crippen LogP contribution in [-0.4, -0.2) is 6.71 Å². The summed E-state index contributed by atoms with van der Waals surface area (Å²) in [7, 11) is 0. The van der Waals surface area contributed by atoms with Crippen molar-refractivity contribution in [1.29, 1.82) is 0 Å². The second-order valence-electron chi connectivity index (χ2n) is 22.9. The molecule has 0 amide bonds. The summed E-state index contributed by atoms with van der Waals surface area (Å²) in [6.07, 6.45) is 0. The number of hydrogen-bond donors (Lipinski definition) is 0. The van der Waals surface area contributed by atoms with Crippen LogP contribution in [0.3, 0.4) is 0 Å². The van der Waals surface area contributed by atoms with E-state index in [1.54, 1.807) is 22.7 Å². The second kappa shape index (κ2) is 17.1. The molecule has 7 heteroatoms. The highest BCUT2D eigenvalue weighted by atomic mass is 32.1. The number of furan rings is 2. The van der Waals surface area contributed by atoms with E-state index in [0.29, 0.717) is 0 Å². The van der Waals surface area contributed by atoms with Crippen LogP contribution in [0.15, 0.2) is 220 Å². The monoisotopic (exact) mass is 1030 g/mol. The molecule has 0 bridgehead atoms. The summed E-state index contributed by atoms with van der Waals surface area (Å²) in [4.78, 5) is 5.08. The molecule has 0 N–H and O–H groups in total. The van der Waals surface area contributed by atoms with Crippen LogP contribution < -0.4 is 26.6 Å². The van der Waals surface area contributed by atoms with Gasteiger partial charge in [-0.1, -0.05) is 181 Å². The van der Waals surface area contributed by atoms with E-state index >= 15 is 0 Å². The molecule has 15 rings (SSSR count). The lowest BCUT2D eigenvalue weighted by atomic mass is 9.37. The van der Waals surface area contributed by atoms with Gasteiger partial charge in [0.1, 0.15) is 22.5 Å². The summed E-state index contributed by atoms with van der Waals surface area (Å²) < 4.78 is 17.6. The molecule has 6 heterocycles. The maximum atomic E-state index is 7.52. The molecule has 0 spiro atoms. The predicted molar refractivity (Wildman–Crippen MR) is 330 cm³/mol. The Bertz CT molecular complexity index is 4220.